The second-order valence-electron chi connectivity index (χ2n) is 4.16. The molecule has 1 N–H and O–H groups in total. The van der Waals surface area contributed by atoms with Crippen LogP contribution in [-0.4, -0.2) is 37.0 Å². The monoisotopic (exact) mass is 330 g/mol. The van der Waals surface area contributed by atoms with E-state index < -0.39 is 0 Å². The van der Waals surface area contributed by atoms with Crippen LogP contribution in [0.2, 0.25) is 0 Å². The van der Waals surface area contributed by atoms with E-state index in [1.165, 1.54) is 0 Å². The molecule has 1 aromatic rings. The number of nitrogens with one attached hydrogen (secondary N) is 1. The van der Waals surface area contributed by atoms with Gasteiger partial charge < -0.3 is 10.2 Å². The SMILES string of the molecule is Cc1cccc(C(=O)N(C)C2CNC2)c1I. The zero-order chi connectivity index (χ0) is 11.7. The number of halogens is 1. The highest BCUT2D eigenvalue weighted by atomic mass is 127. The molecule has 1 aromatic carbocycles. The number of hydrogen-bond acceptors (Lipinski definition) is 2. The topological polar surface area (TPSA) is 32.3 Å². The summed E-state index contributed by atoms with van der Waals surface area (Å²) in [5, 5.41) is 3.18. The Morgan fingerprint density at radius 2 is 2.19 bits per heavy atom. The molecular formula is C12H15IN2O. The van der Waals surface area contributed by atoms with Gasteiger partial charge in [-0.1, -0.05) is 12.1 Å². The summed E-state index contributed by atoms with van der Waals surface area (Å²) in [4.78, 5) is 14.1. The summed E-state index contributed by atoms with van der Waals surface area (Å²) in [6.07, 6.45) is 0. The highest BCUT2D eigenvalue weighted by molar-refractivity contribution is 14.1. The third kappa shape index (κ3) is 2.08. The van der Waals surface area contributed by atoms with Crippen molar-refractivity contribution in [2.24, 2.45) is 0 Å². The molecule has 0 atom stereocenters. The van der Waals surface area contributed by atoms with Crippen LogP contribution in [0.1, 0.15) is 15.9 Å². The highest BCUT2D eigenvalue weighted by Gasteiger charge is 2.26. The number of nitrogens with zero attached hydrogens (tertiary/aromatic N) is 1. The number of aryl methyl sites for hydroxylation is 1. The van der Waals surface area contributed by atoms with Gasteiger partial charge in [0.05, 0.1) is 11.6 Å². The van der Waals surface area contributed by atoms with E-state index in [4.69, 9.17) is 0 Å². The zero-order valence-corrected chi connectivity index (χ0v) is 11.6. The lowest BCUT2D eigenvalue weighted by Crippen LogP contribution is -2.57. The summed E-state index contributed by atoms with van der Waals surface area (Å²) < 4.78 is 1.06. The molecule has 0 unspecified atom stereocenters. The first kappa shape index (κ1) is 11.9. The maximum absolute atomic E-state index is 12.2. The van der Waals surface area contributed by atoms with Crippen LogP contribution in [0.15, 0.2) is 18.2 Å². The molecule has 2 rings (SSSR count). The van der Waals surface area contributed by atoms with Gasteiger partial charge in [0, 0.05) is 23.7 Å². The molecule has 0 aromatic heterocycles. The average molecular weight is 330 g/mol. The van der Waals surface area contributed by atoms with Gasteiger partial charge >= 0.3 is 0 Å². The Balaban J connectivity index is 2.22. The van der Waals surface area contributed by atoms with Crippen molar-refractivity contribution in [3.63, 3.8) is 0 Å². The van der Waals surface area contributed by atoms with Crippen molar-refractivity contribution in [3.05, 3.63) is 32.9 Å². The number of hydrogen-bond donors (Lipinski definition) is 1. The van der Waals surface area contributed by atoms with Crippen molar-refractivity contribution < 1.29 is 4.79 Å². The zero-order valence-electron chi connectivity index (χ0n) is 9.46. The van der Waals surface area contributed by atoms with Crippen LogP contribution in [0.5, 0.6) is 0 Å². The van der Waals surface area contributed by atoms with E-state index in [-0.39, 0.29) is 5.91 Å². The second-order valence-corrected chi connectivity index (χ2v) is 5.24. The van der Waals surface area contributed by atoms with Gasteiger partial charge in [0.25, 0.3) is 5.91 Å². The van der Waals surface area contributed by atoms with Crippen molar-refractivity contribution in [1.82, 2.24) is 10.2 Å². The van der Waals surface area contributed by atoms with E-state index >= 15 is 0 Å². The van der Waals surface area contributed by atoms with E-state index in [0.717, 1.165) is 27.8 Å². The number of carbonyl (C=O) groups is 1. The van der Waals surface area contributed by atoms with Crippen molar-refractivity contribution in [2.45, 2.75) is 13.0 Å². The Morgan fingerprint density at radius 1 is 1.50 bits per heavy atom. The Morgan fingerprint density at radius 3 is 2.75 bits per heavy atom. The van der Waals surface area contributed by atoms with Gasteiger partial charge in [-0.2, -0.15) is 0 Å². The quantitative estimate of drug-likeness (QED) is 0.837. The minimum Gasteiger partial charge on any atom is -0.336 e. The van der Waals surface area contributed by atoms with Crippen molar-refractivity contribution in [1.29, 1.82) is 0 Å². The second kappa shape index (κ2) is 4.71. The van der Waals surface area contributed by atoms with Gasteiger partial charge in [-0.25, -0.2) is 0 Å². The molecule has 3 nitrogen and oxygen atoms in total. The lowest BCUT2D eigenvalue weighted by Gasteiger charge is -2.35. The molecule has 4 heteroatoms. The van der Waals surface area contributed by atoms with Crippen LogP contribution >= 0.6 is 22.6 Å². The summed E-state index contributed by atoms with van der Waals surface area (Å²) in [6.45, 7) is 3.85. The van der Waals surface area contributed by atoms with Crippen LogP contribution in [0.4, 0.5) is 0 Å². The van der Waals surface area contributed by atoms with Crippen LogP contribution in [-0.2, 0) is 0 Å². The number of likely N-dealkylation sites (N-methyl/N-ethyl adjacent to an activating group) is 1. The molecule has 86 valence electrons. The third-order valence-corrected chi connectivity index (χ3v) is 4.48. The number of carbonyl (C=O) groups excluding carboxylic acids is 1. The first-order valence-corrected chi connectivity index (χ1v) is 6.42. The Bertz CT molecular complexity index is 415. The largest absolute Gasteiger partial charge is 0.336 e. The summed E-state index contributed by atoms with van der Waals surface area (Å²) in [5.74, 6) is 0.125. The van der Waals surface area contributed by atoms with E-state index in [0.29, 0.717) is 6.04 Å². The fraction of sp³-hybridized carbons (Fsp3) is 0.417. The van der Waals surface area contributed by atoms with Crippen LogP contribution in [0.25, 0.3) is 0 Å². The molecule has 1 aliphatic heterocycles. The lowest BCUT2D eigenvalue weighted by atomic mass is 10.1. The molecule has 0 saturated carbocycles. The van der Waals surface area contributed by atoms with Crippen molar-refractivity contribution in [2.75, 3.05) is 20.1 Å². The molecule has 0 bridgehead atoms. The first-order valence-electron chi connectivity index (χ1n) is 5.34. The van der Waals surface area contributed by atoms with Crippen molar-refractivity contribution in [3.8, 4) is 0 Å². The molecule has 1 fully saturated rings. The predicted molar refractivity (Wildman–Crippen MR) is 72.6 cm³/mol. The van der Waals surface area contributed by atoms with Crippen LogP contribution in [0.3, 0.4) is 0 Å². The van der Waals surface area contributed by atoms with Crippen LogP contribution < -0.4 is 5.32 Å². The minimum absolute atomic E-state index is 0.125. The van der Waals surface area contributed by atoms with Gasteiger partial charge in [-0.3, -0.25) is 4.79 Å². The van der Waals surface area contributed by atoms with Crippen molar-refractivity contribution >= 4 is 28.5 Å². The van der Waals surface area contributed by atoms with E-state index in [9.17, 15) is 4.79 Å². The smallest absolute Gasteiger partial charge is 0.255 e. The maximum atomic E-state index is 12.2. The van der Waals surface area contributed by atoms with Gasteiger partial charge in [0.2, 0.25) is 0 Å². The van der Waals surface area contributed by atoms with E-state index in [1.54, 1.807) is 0 Å². The minimum atomic E-state index is 0.125. The van der Waals surface area contributed by atoms with E-state index in [1.807, 2.05) is 37.1 Å². The average Bonchev–Trinajstić information content (AvgIpc) is 2.18. The maximum Gasteiger partial charge on any atom is 0.255 e. The Hall–Kier alpha value is -0.620. The molecular weight excluding hydrogens is 315 g/mol. The molecule has 1 saturated heterocycles. The molecule has 16 heavy (non-hydrogen) atoms. The summed E-state index contributed by atoms with van der Waals surface area (Å²) in [5.41, 5.74) is 1.97. The molecule has 0 aliphatic carbocycles. The number of benzene rings is 1. The fourth-order valence-corrected chi connectivity index (χ4v) is 2.31. The number of rotatable bonds is 2. The summed E-state index contributed by atoms with van der Waals surface area (Å²) >= 11 is 2.24. The van der Waals surface area contributed by atoms with Gasteiger partial charge in [0.1, 0.15) is 0 Å². The van der Waals surface area contributed by atoms with Crippen LogP contribution in [0, 0.1) is 10.5 Å². The standard InChI is InChI=1S/C12H15IN2O/c1-8-4-3-5-10(11(8)13)12(16)15(2)9-6-14-7-9/h3-5,9,14H,6-7H2,1-2H3. The van der Waals surface area contributed by atoms with Gasteiger partial charge in [0.15, 0.2) is 0 Å². The molecule has 0 radical (unpaired) electrons. The van der Waals surface area contributed by atoms with Gasteiger partial charge in [-0.15, -0.1) is 0 Å². The Labute approximate surface area is 109 Å². The van der Waals surface area contributed by atoms with Gasteiger partial charge in [-0.05, 0) is 41.1 Å². The third-order valence-electron chi connectivity index (χ3n) is 3.05. The lowest BCUT2D eigenvalue weighted by molar-refractivity contribution is 0.0680. The van der Waals surface area contributed by atoms with E-state index in [2.05, 4.69) is 27.9 Å². The first-order chi connectivity index (χ1) is 7.61. The normalized spacial score (nSPS) is 15.7. The Kier molecular flexibility index (Phi) is 3.49. The fourth-order valence-electron chi connectivity index (χ4n) is 1.72. The predicted octanol–water partition coefficient (Wildman–Crippen LogP) is 1.64. The molecule has 1 aliphatic rings. The number of amides is 1. The molecule has 1 amide bonds. The summed E-state index contributed by atoms with van der Waals surface area (Å²) in [7, 11) is 1.88. The highest BCUT2D eigenvalue weighted by Crippen LogP contribution is 2.19. The molecule has 0 spiro atoms. The summed E-state index contributed by atoms with van der Waals surface area (Å²) in [6, 6.07) is 6.23. The molecule has 1 heterocycles.